The highest BCUT2D eigenvalue weighted by atomic mass is 15.4. The summed E-state index contributed by atoms with van der Waals surface area (Å²) in [6.07, 6.45) is 9.44. The average molecular weight is 344 g/mol. The minimum absolute atomic E-state index is 0.688. The van der Waals surface area contributed by atoms with Crippen molar-refractivity contribution in [3.63, 3.8) is 0 Å². The lowest BCUT2D eigenvalue weighted by Gasteiger charge is -2.17. The van der Waals surface area contributed by atoms with Crippen molar-refractivity contribution in [2.45, 2.75) is 13.2 Å². The van der Waals surface area contributed by atoms with Crippen LogP contribution in [0.3, 0.4) is 0 Å². The highest BCUT2D eigenvalue weighted by molar-refractivity contribution is 5.57. The Morgan fingerprint density at radius 2 is 1.81 bits per heavy atom. The van der Waals surface area contributed by atoms with Gasteiger partial charge >= 0.3 is 0 Å². The third-order valence-electron chi connectivity index (χ3n) is 4.16. The molecule has 6 heteroatoms. The fourth-order valence-electron chi connectivity index (χ4n) is 2.96. The van der Waals surface area contributed by atoms with Crippen LogP contribution in [0, 0.1) is 0 Å². The number of nitrogens with zero attached hydrogens (tertiary/aromatic N) is 6. The van der Waals surface area contributed by atoms with E-state index in [2.05, 4.69) is 33.3 Å². The van der Waals surface area contributed by atoms with Gasteiger partial charge in [-0.3, -0.25) is 14.6 Å². The van der Waals surface area contributed by atoms with Gasteiger partial charge in [0.15, 0.2) is 0 Å². The van der Waals surface area contributed by atoms with Gasteiger partial charge in [-0.05, 0) is 37.4 Å². The molecule has 0 aliphatic heterocycles. The average Bonchev–Trinajstić information content (AvgIpc) is 3.33. The van der Waals surface area contributed by atoms with Crippen molar-refractivity contribution < 1.29 is 0 Å². The molecule has 0 saturated heterocycles. The lowest BCUT2D eigenvalue weighted by molar-refractivity contribution is 0.248. The number of hydrogen-bond acceptors (Lipinski definition) is 4. The standard InChI is InChI=1S/C20H20N6/c1-24(14-17-12-23-25(15-17)19-7-3-2-4-8-19)16-26-20(9-11-22-26)18-6-5-10-21-13-18/h2-13,15H,14,16H2,1H3. The summed E-state index contributed by atoms with van der Waals surface area (Å²) in [6, 6.07) is 16.1. The van der Waals surface area contributed by atoms with Crippen molar-refractivity contribution >= 4 is 0 Å². The van der Waals surface area contributed by atoms with Crippen molar-refractivity contribution in [2.24, 2.45) is 0 Å². The van der Waals surface area contributed by atoms with Gasteiger partial charge in [-0.15, -0.1) is 0 Å². The van der Waals surface area contributed by atoms with E-state index < -0.39 is 0 Å². The number of rotatable bonds is 6. The van der Waals surface area contributed by atoms with Gasteiger partial charge in [0, 0.05) is 42.5 Å². The Hall–Kier alpha value is -3.25. The monoisotopic (exact) mass is 344 g/mol. The predicted molar refractivity (Wildman–Crippen MR) is 100 cm³/mol. The highest BCUT2D eigenvalue weighted by Gasteiger charge is 2.09. The Morgan fingerprint density at radius 3 is 2.62 bits per heavy atom. The SMILES string of the molecule is CN(Cc1cnn(-c2ccccc2)c1)Cn1nccc1-c1cccnc1. The summed E-state index contributed by atoms with van der Waals surface area (Å²) >= 11 is 0. The van der Waals surface area contributed by atoms with Crippen molar-refractivity contribution in [1.82, 2.24) is 29.4 Å². The van der Waals surface area contributed by atoms with Gasteiger partial charge < -0.3 is 0 Å². The van der Waals surface area contributed by atoms with Gasteiger partial charge in [-0.25, -0.2) is 4.68 Å². The maximum atomic E-state index is 4.46. The zero-order chi connectivity index (χ0) is 17.8. The molecule has 4 rings (SSSR count). The summed E-state index contributed by atoms with van der Waals surface area (Å²) in [6.45, 7) is 1.48. The van der Waals surface area contributed by atoms with Crippen LogP contribution >= 0.6 is 0 Å². The van der Waals surface area contributed by atoms with E-state index >= 15 is 0 Å². The largest absolute Gasteiger partial charge is 0.283 e. The molecule has 0 N–H and O–H groups in total. The molecule has 0 fully saturated rings. The van der Waals surface area contributed by atoms with Crippen molar-refractivity contribution in [1.29, 1.82) is 0 Å². The van der Waals surface area contributed by atoms with Crippen LogP contribution in [0.25, 0.3) is 16.9 Å². The van der Waals surface area contributed by atoms with Crippen LogP contribution in [0.4, 0.5) is 0 Å². The fourth-order valence-corrected chi connectivity index (χ4v) is 2.96. The van der Waals surface area contributed by atoms with Gasteiger partial charge in [0.1, 0.15) is 0 Å². The summed E-state index contributed by atoms with van der Waals surface area (Å²) in [5.41, 5.74) is 4.35. The summed E-state index contributed by atoms with van der Waals surface area (Å²) in [4.78, 5) is 6.40. The minimum Gasteiger partial charge on any atom is -0.283 e. The Labute approximate surface area is 152 Å². The smallest absolute Gasteiger partial charge is 0.0936 e. The summed E-state index contributed by atoms with van der Waals surface area (Å²) < 4.78 is 3.89. The Balaban J connectivity index is 1.45. The first-order valence-electron chi connectivity index (χ1n) is 8.49. The van der Waals surface area contributed by atoms with E-state index in [9.17, 15) is 0 Å². The second-order valence-corrected chi connectivity index (χ2v) is 6.24. The molecule has 3 heterocycles. The molecule has 0 saturated carbocycles. The maximum Gasteiger partial charge on any atom is 0.0936 e. The molecule has 1 aromatic carbocycles. The first kappa shape index (κ1) is 16.2. The molecule has 3 aromatic heterocycles. The molecule has 0 aliphatic carbocycles. The predicted octanol–water partition coefficient (Wildman–Crippen LogP) is 3.22. The van der Waals surface area contributed by atoms with Gasteiger partial charge in [-0.2, -0.15) is 10.2 Å². The van der Waals surface area contributed by atoms with Crippen LogP contribution in [0.15, 0.2) is 79.5 Å². The van der Waals surface area contributed by atoms with E-state index in [-0.39, 0.29) is 0 Å². The van der Waals surface area contributed by atoms with Crippen molar-refractivity contribution in [2.75, 3.05) is 7.05 Å². The van der Waals surface area contributed by atoms with Crippen molar-refractivity contribution in [3.05, 3.63) is 85.1 Å². The molecule has 0 aliphatic rings. The molecule has 0 radical (unpaired) electrons. The van der Waals surface area contributed by atoms with E-state index in [4.69, 9.17) is 0 Å². The number of benzene rings is 1. The van der Waals surface area contributed by atoms with Gasteiger partial charge in [0.05, 0.1) is 24.2 Å². The molecule has 0 bridgehead atoms. The van der Waals surface area contributed by atoms with E-state index in [0.717, 1.165) is 29.1 Å². The lowest BCUT2D eigenvalue weighted by Crippen LogP contribution is -2.22. The normalized spacial score (nSPS) is 11.2. The van der Waals surface area contributed by atoms with Crippen LogP contribution in [-0.4, -0.2) is 36.5 Å². The third kappa shape index (κ3) is 3.55. The van der Waals surface area contributed by atoms with Crippen LogP contribution in [0.2, 0.25) is 0 Å². The Kier molecular flexibility index (Phi) is 4.57. The zero-order valence-corrected chi connectivity index (χ0v) is 14.6. The van der Waals surface area contributed by atoms with Gasteiger partial charge in [0.25, 0.3) is 0 Å². The molecule has 6 nitrogen and oxygen atoms in total. The summed E-state index contributed by atoms with van der Waals surface area (Å²) in [5, 5.41) is 8.91. The molecule has 0 unspecified atom stereocenters. The van der Waals surface area contributed by atoms with Crippen LogP contribution in [0.5, 0.6) is 0 Å². The lowest BCUT2D eigenvalue weighted by atomic mass is 10.2. The molecule has 0 amide bonds. The van der Waals surface area contributed by atoms with E-state index in [1.165, 1.54) is 0 Å². The number of pyridine rings is 1. The van der Waals surface area contributed by atoms with Gasteiger partial charge in [-0.1, -0.05) is 18.2 Å². The first-order chi connectivity index (χ1) is 12.8. The second kappa shape index (κ2) is 7.33. The van der Waals surface area contributed by atoms with Crippen LogP contribution in [0.1, 0.15) is 5.56 Å². The molecular weight excluding hydrogens is 324 g/mol. The zero-order valence-electron chi connectivity index (χ0n) is 14.6. The number of aromatic nitrogens is 5. The molecular formula is C20H20N6. The maximum absolute atomic E-state index is 4.46. The van der Waals surface area contributed by atoms with Crippen molar-refractivity contribution in [3.8, 4) is 16.9 Å². The molecule has 0 spiro atoms. The summed E-state index contributed by atoms with van der Waals surface area (Å²) in [7, 11) is 2.08. The Morgan fingerprint density at radius 1 is 0.923 bits per heavy atom. The Bertz CT molecular complexity index is 958. The van der Waals surface area contributed by atoms with Crippen LogP contribution in [-0.2, 0) is 13.2 Å². The molecule has 26 heavy (non-hydrogen) atoms. The quantitative estimate of drug-likeness (QED) is 0.539. The first-order valence-corrected chi connectivity index (χ1v) is 8.49. The van der Waals surface area contributed by atoms with E-state index in [0.29, 0.717) is 6.67 Å². The summed E-state index contributed by atoms with van der Waals surface area (Å²) in [5.74, 6) is 0. The number of para-hydroxylation sites is 1. The van der Waals surface area contributed by atoms with E-state index in [1.807, 2.05) is 76.5 Å². The fraction of sp³-hybridized carbons (Fsp3) is 0.150. The van der Waals surface area contributed by atoms with E-state index in [1.54, 1.807) is 6.20 Å². The topological polar surface area (TPSA) is 51.8 Å². The second-order valence-electron chi connectivity index (χ2n) is 6.24. The van der Waals surface area contributed by atoms with Gasteiger partial charge in [0.2, 0.25) is 0 Å². The number of hydrogen-bond donors (Lipinski definition) is 0. The van der Waals surface area contributed by atoms with Crippen LogP contribution < -0.4 is 0 Å². The molecule has 4 aromatic rings. The molecule has 0 atom stereocenters. The minimum atomic E-state index is 0.688. The highest BCUT2D eigenvalue weighted by Crippen LogP contribution is 2.18. The third-order valence-corrected chi connectivity index (χ3v) is 4.16. The molecule has 130 valence electrons.